The van der Waals surface area contributed by atoms with Gasteiger partial charge in [-0.05, 0) is 17.5 Å². The Balaban J connectivity index is 1.85. The molecule has 0 aromatic heterocycles. The SMILES string of the molecule is N#CC1(CC2OCCO2)Cc2ccccc21. The van der Waals surface area contributed by atoms with Crippen LogP contribution in [-0.4, -0.2) is 19.5 Å². The average Bonchev–Trinajstić information content (AvgIpc) is 2.78. The maximum Gasteiger partial charge on any atom is 0.159 e. The van der Waals surface area contributed by atoms with Gasteiger partial charge in [0.1, 0.15) is 0 Å². The van der Waals surface area contributed by atoms with Crippen LogP contribution < -0.4 is 0 Å². The second kappa shape index (κ2) is 3.58. The van der Waals surface area contributed by atoms with Gasteiger partial charge in [0.2, 0.25) is 0 Å². The van der Waals surface area contributed by atoms with Gasteiger partial charge in [-0.3, -0.25) is 0 Å². The Bertz CT molecular complexity index is 445. The molecule has 2 aliphatic rings. The van der Waals surface area contributed by atoms with Crippen LogP contribution >= 0.6 is 0 Å². The highest BCUT2D eigenvalue weighted by Gasteiger charge is 2.45. The summed E-state index contributed by atoms with van der Waals surface area (Å²) in [6, 6.07) is 10.6. The Morgan fingerprint density at radius 3 is 2.75 bits per heavy atom. The van der Waals surface area contributed by atoms with Crippen LogP contribution in [0.1, 0.15) is 17.5 Å². The molecule has 1 heterocycles. The van der Waals surface area contributed by atoms with E-state index in [4.69, 9.17) is 9.47 Å². The van der Waals surface area contributed by atoms with Crippen molar-refractivity contribution in [1.82, 2.24) is 0 Å². The van der Waals surface area contributed by atoms with Crippen molar-refractivity contribution in [1.29, 1.82) is 5.26 Å². The highest BCUT2D eigenvalue weighted by Crippen LogP contribution is 2.44. The lowest BCUT2D eigenvalue weighted by Crippen LogP contribution is -2.40. The Morgan fingerprint density at radius 1 is 1.31 bits per heavy atom. The normalized spacial score (nSPS) is 28.2. The van der Waals surface area contributed by atoms with Crippen LogP contribution in [0.4, 0.5) is 0 Å². The molecule has 1 aliphatic heterocycles. The van der Waals surface area contributed by atoms with Crippen molar-refractivity contribution in [2.45, 2.75) is 24.5 Å². The summed E-state index contributed by atoms with van der Waals surface area (Å²) in [7, 11) is 0. The van der Waals surface area contributed by atoms with Crippen molar-refractivity contribution in [3.63, 3.8) is 0 Å². The van der Waals surface area contributed by atoms with E-state index in [1.165, 1.54) is 5.56 Å². The number of nitriles is 1. The highest BCUT2D eigenvalue weighted by molar-refractivity contribution is 5.50. The fourth-order valence-corrected chi connectivity index (χ4v) is 2.59. The van der Waals surface area contributed by atoms with Crippen LogP contribution in [0.15, 0.2) is 24.3 Å². The molecule has 0 radical (unpaired) electrons. The lowest BCUT2D eigenvalue weighted by atomic mass is 9.63. The van der Waals surface area contributed by atoms with E-state index in [0.29, 0.717) is 19.6 Å². The van der Waals surface area contributed by atoms with E-state index < -0.39 is 0 Å². The van der Waals surface area contributed by atoms with Crippen LogP contribution in [0, 0.1) is 11.3 Å². The lowest BCUT2D eigenvalue weighted by Gasteiger charge is -2.39. The fraction of sp³-hybridized carbons (Fsp3) is 0.462. The Labute approximate surface area is 94.6 Å². The first kappa shape index (κ1) is 9.83. The quantitative estimate of drug-likeness (QED) is 0.755. The fourth-order valence-electron chi connectivity index (χ4n) is 2.59. The van der Waals surface area contributed by atoms with Crippen molar-refractivity contribution < 1.29 is 9.47 Å². The molecule has 1 aromatic rings. The van der Waals surface area contributed by atoms with Crippen LogP contribution in [0.5, 0.6) is 0 Å². The summed E-state index contributed by atoms with van der Waals surface area (Å²) in [4.78, 5) is 0. The molecule has 0 amide bonds. The molecule has 0 bridgehead atoms. The zero-order valence-electron chi connectivity index (χ0n) is 8.98. The monoisotopic (exact) mass is 215 g/mol. The van der Waals surface area contributed by atoms with Gasteiger partial charge in [-0.15, -0.1) is 0 Å². The summed E-state index contributed by atoms with van der Waals surface area (Å²) in [5, 5.41) is 9.38. The Morgan fingerprint density at radius 2 is 2.06 bits per heavy atom. The summed E-state index contributed by atoms with van der Waals surface area (Å²) in [5.74, 6) is 0. The third kappa shape index (κ3) is 1.35. The topological polar surface area (TPSA) is 42.2 Å². The molecule has 3 nitrogen and oxygen atoms in total. The minimum absolute atomic E-state index is 0.201. The van der Waals surface area contributed by atoms with E-state index in [1.54, 1.807) is 0 Å². The van der Waals surface area contributed by atoms with Gasteiger partial charge >= 0.3 is 0 Å². The van der Waals surface area contributed by atoms with Crippen LogP contribution in [0.25, 0.3) is 0 Å². The van der Waals surface area contributed by atoms with Crippen molar-refractivity contribution in [3.05, 3.63) is 35.4 Å². The number of fused-ring (bicyclic) bond motifs is 1. The third-order valence-corrected chi connectivity index (χ3v) is 3.45. The molecule has 1 unspecified atom stereocenters. The van der Waals surface area contributed by atoms with Gasteiger partial charge in [-0.2, -0.15) is 5.26 Å². The molecule has 0 spiro atoms. The van der Waals surface area contributed by atoms with Gasteiger partial charge < -0.3 is 9.47 Å². The minimum Gasteiger partial charge on any atom is -0.350 e. The first-order valence-corrected chi connectivity index (χ1v) is 5.57. The lowest BCUT2D eigenvalue weighted by molar-refractivity contribution is -0.0584. The molecule has 0 saturated carbocycles. The first-order chi connectivity index (χ1) is 7.84. The highest BCUT2D eigenvalue weighted by atomic mass is 16.7. The van der Waals surface area contributed by atoms with Gasteiger partial charge in [0.05, 0.1) is 24.7 Å². The molecule has 1 aliphatic carbocycles. The number of ether oxygens (including phenoxy) is 2. The van der Waals surface area contributed by atoms with Gasteiger partial charge in [0.25, 0.3) is 0 Å². The number of nitrogens with zero attached hydrogens (tertiary/aromatic N) is 1. The molecular weight excluding hydrogens is 202 g/mol. The number of benzene rings is 1. The molecule has 1 aromatic carbocycles. The molecule has 3 rings (SSSR count). The van der Waals surface area contributed by atoms with Crippen LogP contribution in [0.3, 0.4) is 0 Å². The van der Waals surface area contributed by atoms with Gasteiger partial charge in [-0.25, -0.2) is 0 Å². The zero-order chi connectivity index (χ0) is 11.0. The predicted molar refractivity (Wildman–Crippen MR) is 57.7 cm³/mol. The molecule has 82 valence electrons. The maximum absolute atomic E-state index is 9.38. The predicted octanol–water partition coefficient (Wildman–Crippen LogP) is 1.77. The molecule has 3 heteroatoms. The molecule has 0 N–H and O–H groups in total. The second-order valence-corrected chi connectivity index (χ2v) is 4.40. The molecule has 1 atom stereocenters. The smallest absolute Gasteiger partial charge is 0.159 e. The summed E-state index contributed by atoms with van der Waals surface area (Å²) in [6.07, 6.45) is 1.27. The average molecular weight is 215 g/mol. The number of rotatable bonds is 2. The summed E-state index contributed by atoms with van der Waals surface area (Å²) in [6.45, 7) is 1.29. The van der Waals surface area contributed by atoms with E-state index >= 15 is 0 Å². The van der Waals surface area contributed by atoms with E-state index in [1.807, 2.05) is 18.2 Å². The summed E-state index contributed by atoms with van der Waals surface area (Å²) >= 11 is 0. The van der Waals surface area contributed by atoms with Crippen molar-refractivity contribution >= 4 is 0 Å². The first-order valence-electron chi connectivity index (χ1n) is 5.57. The Kier molecular flexibility index (Phi) is 2.20. The molecule has 16 heavy (non-hydrogen) atoms. The summed E-state index contributed by atoms with van der Waals surface area (Å²) in [5.41, 5.74) is 2.05. The van der Waals surface area contributed by atoms with Gasteiger partial charge in [0, 0.05) is 6.42 Å². The standard InChI is InChI=1S/C13H13NO2/c14-9-13(8-12-15-5-6-16-12)7-10-3-1-2-4-11(10)13/h1-4,12H,5-8H2. The Hall–Kier alpha value is -1.37. The largest absolute Gasteiger partial charge is 0.350 e. The van der Waals surface area contributed by atoms with E-state index in [2.05, 4.69) is 12.1 Å². The molecule has 1 saturated heterocycles. The van der Waals surface area contributed by atoms with E-state index in [9.17, 15) is 5.26 Å². The maximum atomic E-state index is 9.38. The van der Waals surface area contributed by atoms with Gasteiger partial charge in [-0.1, -0.05) is 24.3 Å². The number of hydrogen-bond donors (Lipinski definition) is 0. The second-order valence-electron chi connectivity index (χ2n) is 4.40. The van der Waals surface area contributed by atoms with Crippen molar-refractivity contribution in [2.75, 3.05) is 13.2 Å². The van der Waals surface area contributed by atoms with Crippen molar-refractivity contribution in [2.24, 2.45) is 0 Å². The third-order valence-electron chi connectivity index (χ3n) is 3.45. The number of hydrogen-bond acceptors (Lipinski definition) is 3. The molecule has 1 fully saturated rings. The van der Waals surface area contributed by atoms with E-state index in [-0.39, 0.29) is 11.7 Å². The van der Waals surface area contributed by atoms with E-state index in [0.717, 1.165) is 12.0 Å². The molecular formula is C13H13NO2. The summed E-state index contributed by atoms with van der Waals surface area (Å²) < 4.78 is 10.9. The van der Waals surface area contributed by atoms with Crippen LogP contribution in [0.2, 0.25) is 0 Å². The minimum atomic E-state index is -0.383. The van der Waals surface area contributed by atoms with Crippen LogP contribution in [-0.2, 0) is 21.3 Å². The zero-order valence-corrected chi connectivity index (χ0v) is 8.98. The van der Waals surface area contributed by atoms with Crippen molar-refractivity contribution in [3.8, 4) is 6.07 Å². The van der Waals surface area contributed by atoms with Gasteiger partial charge in [0.15, 0.2) is 6.29 Å².